The molecule has 0 amide bonds. The van der Waals surface area contributed by atoms with Crippen LogP contribution >= 0.6 is 0 Å². The van der Waals surface area contributed by atoms with E-state index in [9.17, 15) is 4.79 Å². The van der Waals surface area contributed by atoms with Gasteiger partial charge >= 0.3 is 5.97 Å². The molecule has 0 aliphatic carbocycles. The average molecular weight is 246 g/mol. The number of hydrogen-bond donors (Lipinski definition) is 0. The van der Waals surface area contributed by atoms with Crippen LogP contribution in [0.15, 0.2) is 24.3 Å². The molecule has 2 atom stereocenters. The van der Waals surface area contributed by atoms with Gasteiger partial charge in [-0.25, -0.2) is 4.79 Å². The van der Waals surface area contributed by atoms with Crippen LogP contribution in [0.2, 0.25) is 0 Å². The van der Waals surface area contributed by atoms with Gasteiger partial charge in [-0.3, -0.25) is 4.84 Å². The van der Waals surface area contributed by atoms with Gasteiger partial charge < -0.3 is 4.74 Å². The molecule has 0 saturated carbocycles. The first-order valence-electron chi connectivity index (χ1n) is 5.80. The molecule has 18 heavy (non-hydrogen) atoms. The normalized spacial score (nSPS) is 21.1. The lowest BCUT2D eigenvalue weighted by molar-refractivity contribution is -0.0826. The zero-order valence-electron chi connectivity index (χ0n) is 10.1. The Morgan fingerprint density at radius 2 is 2.44 bits per heavy atom. The molecule has 0 bridgehead atoms. The van der Waals surface area contributed by atoms with Gasteiger partial charge in [0.15, 0.2) is 0 Å². The first kappa shape index (κ1) is 12.6. The summed E-state index contributed by atoms with van der Waals surface area (Å²) in [5.74, 6) is -0.332. The van der Waals surface area contributed by atoms with Gasteiger partial charge in [-0.1, -0.05) is 12.1 Å². The van der Waals surface area contributed by atoms with Gasteiger partial charge in [-0.05, 0) is 24.6 Å². The number of nitriles is 1. The van der Waals surface area contributed by atoms with Crippen molar-refractivity contribution >= 4 is 5.97 Å². The minimum Gasteiger partial charge on any atom is -0.462 e. The first-order chi connectivity index (χ1) is 8.74. The summed E-state index contributed by atoms with van der Waals surface area (Å²) in [5.41, 5.74) is 1.39. The van der Waals surface area contributed by atoms with Crippen LogP contribution in [0.4, 0.5) is 0 Å². The lowest BCUT2D eigenvalue weighted by Gasteiger charge is -2.06. The molecule has 1 aliphatic heterocycles. The van der Waals surface area contributed by atoms with Gasteiger partial charge in [0.2, 0.25) is 0 Å². The van der Waals surface area contributed by atoms with Gasteiger partial charge in [0.1, 0.15) is 6.04 Å². The highest BCUT2D eigenvalue weighted by atomic mass is 16.7. The number of ether oxygens (including phenoxy) is 1. The highest BCUT2D eigenvalue weighted by molar-refractivity contribution is 5.89. The van der Waals surface area contributed by atoms with E-state index in [1.54, 1.807) is 30.2 Å². The predicted octanol–water partition coefficient (Wildman–Crippen LogP) is 1.50. The van der Waals surface area contributed by atoms with Crippen molar-refractivity contribution < 1.29 is 14.4 Å². The third-order valence-electron chi connectivity index (χ3n) is 2.55. The van der Waals surface area contributed by atoms with Crippen LogP contribution in [0, 0.1) is 11.3 Å². The van der Waals surface area contributed by atoms with Crippen LogP contribution in [-0.4, -0.2) is 30.2 Å². The molecule has 1 aliphatic rings. The summed E-state index contributed by atoms with van der Waals surface area (Å²) in [4.78, 5) is 16.9. The summed E-state index contributed by atoms with van der Waals surface area (Å²) in [6.07, 6.45) is 0. The highest BCUT2D eigenvalue weighted by Crippen LogP contribution is 2.18. The van der Waals surface area contributed by atoms with Crippen molar-refractivity contribution in [1.82, 2.24) is 5.06 Å². The van der Waals surface area contributed by atoms with E-state index in [4.69, 9.17) is 14.8 Å². The topological polar surface area (TPSA) is 62.3 Å². The van der Waals surface area contributed by atoms with Gasteiger partial charge in [-0.15, -0.1) is 0 Å². The van der Waals surface area contributed by atoms with Crippen LogP contribution in [0.3, 0.4) is 0 Å². The lowest BCUT2D eigenvalue weighted by atomic mass is 10.1. The number of esters is 1. The van der Waals surface area contributed by atoms with Gasteiger partial charge in [0, 0.05) is 0 Å². The minimum atomic E-state index is -0.332. The van der Waals surface area contributed by atoms with Gasteiger partial charge in [0.25, 0.3) is 0 Å². The summed E-state index contributed by atoms with van der Waals surface area (Å²) in [6.45, 7) is 3.13. The Hall–Kier alpha value is -1.90. The maximum atomic E-state index is 11.5. The van der Waals surface area contributed by atoms with Gasteiger partial charge in [-0.2, -0.15) is 10.3 Å². The molecule has 5 heteroatoms. The summed E-state index contributed by atoms with van der Waals surface area (Å²) in [5, 5.41) is 10.2. The lowest BCUT2D eigenvalue weighted by Crippen LogP contribution is -2.06. The fourth-order valence-corrected chi connectivity index (χ4v) is 1.53. The molecule has 5 nitrogen and oxygen atoms in total. The van der Waals surface area contributed by atoms with E-state index in [0.717, 1.165) is 5.56 Å². The molecule has 0 aromatic heterocycles. The maximum absolute atomic E-state index is 11.5. The number of hydroxylamine groups is 2. The smallest absolute Gasteiger partial charge is 0.338 e. The molecule has 1 aromatic carbocycles. The third-order valence-corrected chi connectivity index (χ3v) is 2.55. The number of carbonyl (C=O) groups is 1. The zero-order chi connectivity index (χ0) is 13.0. The second kappa shape index (κ2) is 5.63. The predicted molar refractivity (Wildman–Crippen MR) is 63.3 cm³/mol. The molecule has 1 aromatic rings. The Bertz CT molecular complexity index is 481. The van der Waals surface area contributed by atoms with Crippen molar-refractivity contribution in [2.75, 3.05) is 13.2 Å². The van der Waals surface area contributed by atoms with Crippen molar-refractivity contribution in [3.63, 3.8) is 0 Å². The monoisotopic (exact) mass is 246 g/mol. The van der Waals surface area contributed by atoms with E-state index in [-0.39, 0.29) is 12.0 Å². The van der Waals surface area contributed by atoms with Crippen LogP contribution in [0.1, 0.15) is 22.8 Å². The minimum absolute atomic E-state index is 0.127. The van der Waals surface area contributed by atoms with Gasteiger partial charge in [0.05, 0.1) is 31.4 Å². The number of carbonyl (C=O) groups excluding carboxylic acids is 1. The average Bonchev–Trinajstić information content (AvgIpc) is 3.16. The van der Waals surface area contributed by atoms with Crippen molar-refractivity contribution in [1.29, 1.82) is 5.26 Å². The first-order valence-corrected chi connectivity index (χ1v) is 5.80. The Morgan fingerprint density at radius 3 is 3.11 bits per heavy atom. The third kappa shape index (κ3) is 3.06. The van der Waals surface area contributed by atoms with E-state index in [2.05, 4.69) is 6.07 Å². The SMILES string of the molecule is CCOC(=O)c1cccc(CON2CC2C#N)c1. The summed E-state index contributed by atoms with van der Waals surface area (Å²) >= 11 is 0. The Morgan fingerprint density at radius 1 is 1.61 bits per heavy atom. The van der Waals surface area contributed by atoms with E-state index < -0.39 is 0 Å². The van der Waals surface area contributed by atoms with Crippen molar-refractivity contribution in [2.45, 2.75) is 19.6 Å². The quantitative estimate of drug-likeness (QED) is 0.582. The maximum Gasteiger partial charge on any atom is 0.338 e. The number of rotatable bonds is 5. The molecule has 2 rings (SSSR count). The fraction of sp³-hybridized carbons (Fsp3) is 0.385. The van der Waals surface area contributed by atoms with Crippen LogP contribution in [-0.2, 0) is 16.2 Å². The van der Waals surface area contributed by atoms with Crippen molar-refractivity contribution in [3.05, 3.63) is 35.4 Å². The Kier molecular flexibility index (Phi) is 3.92. The Balaban J connectivity index is 1.91. The standard InChI is InChI=1S/C13H14N2O3/c1-2-17-13(16)11-5-3-4-10(6-11)9-18-15-8-12(15)7-14/h3-6,12H,2,8-9H2,1H3. The summed E-state index contributed by atoms with van der Waals surface area (Å²) < 4.78 is 4.92. The highest BCUT2D eigenvalue weighted by Gasteiger charge is 2.35. The molecule has 0 spiro atoms. The number of nitrogens with zero attached hydrogens (tertiary/aromatic N) is 2. The Labute approximate surface area is 105 Å². The van der Waals surface area contributed by atoms with Crippen molar-refractivity contribution in [3.8, 4) is 6.07 Å². The number of benzene rings is 1. The molecular formula is C13H14N2O3. The van der Waals surface area contributed by atoms with E-state index >= 15 is 0 Å². The molecule has 1 saturated heterocycles. The van der Waals surface area contributed by atoms with E-state index in [1.807, 2.05) is 6.07 Å². The van der Waals surface area contributed by atoms with E-state index in [0.29, 0.717) is 25.3 Å². The zero-order valence-corrected chi connectivity index (χ0v) is 10.1. The fourth-order valence-electron chi connectivity index (χ4n) is 1.53. The van der Waals surface area contributed by atoms with Crippen LogP contribution in [0.5, 0.6) is 0 Å². The molecule has 0 radical (unpaired) electrons. The summed E-state index contributed by atoms with van der Waals surface area (Å²) in [6, 6.07) is 9.07. The largest absolute Gasteiger partial charge is 0.462 e. The summed E-state index contributed by atoms with van der Waals surface area (Å²) in [7, 11) is 0. The van der Waals surface area contributed by atoms with E-state index in [1.165, 1.54) is 0 Å². The molecule has 2 unspecified atom stereocenters. The molecule has 1 heterocycles. The van der Waals surface area contributed by atoms with Crippen molar-refractivity contribution in [2.24, 2.45) is 0 Å². The molecule has 0 N–H and O–H groups in total. The van der Waals surface area contributed by atoms with Crippen LogP contribution in [0.25, 0.3) is 0 Å². The second-order valence-electron chi connectivity index (χ2n) is 3.94. The molecule has 1 fully saturated rings. The molecule has 94 valence electrons. The second-order valence-corrected chi connectivity index (χ2v) is 3.94. The number of hydrogen-bond acceptors (Lipinski definition) is 5. The molecular weight excluding hydrogens is 232 g/mol. The van der Waals surface area contributed by atoms with Crippen LogP contribution < -0.4 is 0 Å².